The fraction of sp³-hybridized carbons (Fsp3) is 0.444. The molecular weight excluding hydrogens is 542 g/mol. The van der Waals surface area contributed by atoms with Gasteiger partial charge in [0.2, 0.25) is 15.9 Å². The molecule has 3 amide bonds. The molecule has 0 heterocycles. The number of rotatable bonds is 14. The van der Waals surface area contributed by atoms with Crippen LogP contribution in [0.25, 0.3) is 0 Å². The van der Waals surface area contributed by atoms with Crippen LogP contribution in [-0.2, 0) is 21.4 Å². The number of carbonyl (C=O) groups is 3. The van der Waals surface area contributed by atoms with Crippen LogP contribution in [0.2, 0.25) is 5.02 Å². The fourth-order valence-electron chi connectivity index (χ4n) is 3.82. The highest BCUT2D eigenvalue weighted by Crippen LogP contribution is 2.27. The Morgan fingerprint density at radius 1 is 1.00 bits per heavy atom. The van der Waals surface area contributed by atoms with Gasteiger partial charge in [0.1, 0.15) is 0 Å². The molecule has 0 bridgehead atoms. The zero-order valence-corrected chi connectivity index (χ0v) is 24.0. The lowest BCUT2D eigenvalue weighted by molar-refractivity contribution is -0.123. The van der Waals surface area contributed by atoms with Crippen molar-refractivity contribution in [3.8, 4) is 0 Å². The van der Waals surface area contributed by atoms with Crippen molar-refractivity contribution in [1.29, 1.82) is 0 Å². The summed E-state index contributed by atoms with van der Waals surface area (Å²) in [5.41, 5.74) is 1.23. The highest BCUT2D eigenvalue weighted by molar-refractivity contribution is 7.92. The van der Waals surface area contributed by atoms with Gasteiger partial charge in [0, 0.05) is 49.4 Å². The van der Waals surface area contributed by atoms with E-state index in [-0.39, 0.29) is 41.9 Å². The average Bonchev–Trinajstić information content (AvgIpc) is 3.73. The van der Waals surface area contributed by atoms with E-state index in [2.05, 4.69) is 21.3 Å². The van der Waals surface area contributed by atoms with Crippen LogP contribution in [0.4, 0.5) is 5.69 Å². The van der Waals surface area contributed by atoms with Crippen molar-refractivity contribution in [3.63, 3.8) is 0 Å². The number of benzene rings is 2. The van der Waals surface area contributed by atoms with E-state index < -0.39 is 21.8 Å². The van der Waals surface area contributed by atoms with Crippen LogP contribution in [0.5, 0.6) is 0 Å². The van der Waals surface area contributed by atoms with E-state index in [4.69, 9.17) is 11.6 Å². The van der Waals surface area contributed by atoms with Crippen LogP contribution in [-0.4, -0.2) is 65.1 Å². The number of amides is 3. The van der Waals surface area contributed by atoms with Gasteiger partial charge >= 0.3 is 0 Å². The Labute approximate surface area is 234 Å². The average molecular weight is 578 g/mol. The second kappa shape index (κ2) is 13.8. The molecule has 1 aliphatic carbocycles. The molecule has 3 rings (SSSR count). The maximum absolute atomic E-state index is 13.0. The van der Waals surface area contributed by atoms with Crippen molar-refractivity contribution in [3.05, 3.63) is 64.2 Å². The predicted octanol–water partition coefficient (Wildman–Crippen LogP) is 2.29. The van der Waals surface area contributed by atoms with Crippen molar-refractivity contribution < 1.29 is 22.8 Å². The van der Waals surface area contributed by atoms with Crippen molar-refractivity contribution in [2.75, 3.05) is 37.2 Å². The highest BCUT2D eigenvalue weighted by atomic mass is 35.5. The van der Waals surface area contributed by atoms with Gasteiger partial charge in [-0.05, 0) is 61.1 Å². The van der Waals surface area contributed by atoms with E-state index in [0.717, 1.165) is 29.0 Å². The summed E-state index contributed by atoms with van der Waals surface area (Å²) in [4.78, 5) is 38.2. The van der Waals surface area contributed by atoms with Crippen LogP contribution >= 0.6 is 11.6 Å². The van der Waals surface area contributed by atoms with Crippen molar-refractivity contribution in [2.24, 2.45) is 5.92 Å². The first-order valence-corrected chi connectivity index (χ1v) is 15.1. The number of nitrogens with one attached hydrogen (secondary N) is 4. The molecule has 0 aromatic heterocycles. The van der Waals surface area contributed by atoms with Crippen LogP contribution in [0, 0.1) is 5.92 Å². The van der Waals surface area contributed by atoms with Crippen LogP contribution < -0.4 is 25.6 Å². The Balaban J connectivity index is 1.65. The monoisotopic (exact) mass is 577 g/mol. The molecule has 10 nitrogen and oxygen atoms in total. The lowest BCUT2D eigenvalue weighted by Gasteiger charge is -2.19. The normalized spacial score (nSPS) is 13.8. The first kappa shape index (κ1) is 30.4. The van der Waals surface area contributed by atoms with Gasteiger partial charge in [-0.2, -0.15) is 0 Å². The van der Waals surface area contributed by atoms with Crippen LogP contribution in [0.3, 0.4) is 0 Å². The summed E-state index contributed by atoms with van der Waals surface area (Å²) < 4.78 is 25.3. The third kappa shape index (κ3) is 9.52. The molecule has 0 spiro atoms. The Morgan fingerprint density at radius 2 is 1.67 bits per heavy atom. The van der Waals surface area contributed by atoms with E-state index in [9.17, 15) is 22.8 Å². The third-order valence-corrected chi connectivity index (χ3v) is 7.87. The Hall–Kier alpha value is -3.15. The summed E-state index contributed by atoms with van der Waals surface area (Å²) in [6, 6.07) is 10.9. The van der Waals surface area contributed by atoms with E-state index in [1.165, 1.54) is 25.2 Å². The Bertz CT molecular complexity index is 1300. The maximum atomic E-state index is 13.0. The SMILES string of the molecule is CC[C@H](NCCNC(=O)c1cc(C(=O)NCc2cccc(Cl)c2)cc(N(C)S(C)(=O)=O)c1)C(=O)NCC1CC1. The summed E-state index contributed by atoms with van der Waals surface area (Å²) in [5, 5.41) is 12.2. The lowest BCUT2D eigenvalue weighted by Crippen LogP contribution is -2.46. The topological polar surface area (TPSA) is 137 Å². The molecule has 212 valence electrons. The first-order chi connectivity index (χ1) is 18.5. The maximum Gasteiger partial charge on any atom is 0.251 e. The summed E-state index contributed by atoms with van der Waals surface area (Å²) in [6.45, 7) is 3.40. The van der Waals surface area contributed by atoms with Gasteiger partial charge in [-0.25, -0.2) is 8.42 Å². The van der Waals surface area contributed by atoms with Crippen molar-refractivity contribution in [2.45, 2.75) is 38.8 Å². The fourth-order valence-corrected chi connectivity index (χ4v) is 4.52. The van der Waals surface area contributed by atoms with Crippen molar-refractivity contribution in [1.82, 2.24) is 21.3 Å². The lowest BCUT2D eigenvalue weighted by atomic mass is 10.1. The largest absolute Gasteiger partial charge is 0.354 e. The second-order valence-corrected chi connectivity index (χ2v) is 12.1. The van der Waals surface area contributed by atoms with E-state index in [0.29, 0.717) is 30.5 Å². The van der Waals surface area contributed by atoms with Crippen LogP contribution in [0.1, 0.15) is 52.5 Å². The zero-order chi connectivity index (χ0) is 28.6. The number of anilines is 1. The molecular formula is C27H36ClN5O5S. The third-order valence-electron chi connectivity index (χ3n) is 6.43. The highest BCUT2D eigenvalue weighted by Gasteiger charge is 2.24. The van der Waals surface area contributed by atoms with Gasteiger partial charge in [0.05, 0.1) is 18.0 Å². The first-order valence-electron chi connectivity index (χ1n) is 12.9. The smallest absolute Gasteiger partial charge is 0.251 e. The minimum absolute atomic E-state index is 0.0549. The van der Waals surface area contributed by atoms with Gasteiger partial charge in [-0.3, -0.25) is 18.7 Å². The van der Waals surface area contributed by atoms with Gasteiger partial charge < -0.3 is 21.3 Å². The number of halogens is 1. The summed E-state index contributed by atoms with van der Waals surface area (Å²) >= 11 is 6.01. The molecule has 2 aromatic rings. The van der Waals surface area contributed by atoms with Gasteiger partial charge in [0.25, 0.3) is 11.8 Å². The Kier molecular flexibility index (Phi) is 10.7. The van der Waals surface area contributed by atoms with E-state index >= 15 is 0 Å². The molecule has 39 heavy (non-hydrogen) atoms. The minimum Gasteiger partial charge on any atom is -0.354 e. The molecule has 1 saturated carbocycles. The molecule has 2 aromatic carbocycles. The van der Waals surface area contributed by atoms with Crippen molar-refractivity contribution >= 4 is 45.0 Å². The predicted molar refractivity (Wildman–Crippen MR) is 152 cm³/mol. The molecule has 0 unspecified atom stereocenters. The van der Waals surface area contributed by atoms with Gasteiger partial charge in [0.15, 0.2) is 0 Å². The van der Waals surface area contributed by atoms with E-state index in [1.807, 2.05) is 13.0 Å². The summed E-state index contributed by atoms with van der Waals surface area (Å²) in [6.07, 6.45) is 3.96. The standard InChI is InChI=1S/C27H36ClN5O5S/c1-4-24(27(36)32-16-18-8-9-18)29-10-11-30-25(34)20-13-21(15-23(14-20)33(2)39(3,37)38)26(35)31-17-19-6-5-7-22(28)12-19/h5-7,12-15,18,24,29H,4,8-11,16-17H2,1-3H3,(H,30,34)(H,31,35)(H,32,36)/t24-/m0/s1. The molecule has 0 radical (unpaired) electrons. The second-order valence-electron chi connectivity index (χ2n) is 9.67. The number of sulfonamides is 1. The number of hydrogen-bond donors (Lipinski definition) is 4. The van der Waals surface area contributed by atoms with Gasteiger partial charge in [-0.1, -0.05) is 30.7 Å². The minimum atomic E-state index is -3.64. The number of nitrogens with zero attached hydrogens (tertiary/aromatic N) is 1. The number of hydrogen-bond acceptors (Lipinski definition) is 6. The molecule has 1 fully saturated rings. The van der Waals surface area contributed by atoms with Crippen LogP contribution in [0.15, 0.2) is 42.5 Å². The summed E-state index contributed by atoms with van der Waals surface area (Å²) in [5.74, 6) is -0.416. The molecule has 0 saturated heterocycles. The molecule has 1 aliphatic rings. The summed E-state index contributed by atoms with van der Waals surface area (Å²) in [7, 11) is -2.29. The van der Waals surface area contributed by atoms with Gasteiger partial charge in [-0.15, -0.1) is 0 Å². The quantitative estimate of drug-likeness (QED) is 0.254. The molecule has 12 heteroatoms. The molecule has 0 aliphatic heterocycles. The molecule has 1 atom stereocenters. The number of carbonyl (C=O) groups excluding carboxylic acids is 3. The zero-order valence-electron chi connectivity index (χ0n) is 22.4. The van der Waals surface area contributed by atoms with E-state index in [1.54, 1.807) is 18.2 Å². The Morgan fingerprint density at radius 3 is 2.26 bits per heavy atom. The molecule has 4 N–H and O–H groups in total.